The highest BCUT2D eigenvalue weighted by Crippen LogP contribution is 2.31. The fourth-order valence-electron chi connectivity index (χ4n) is 3.45. The van der Waals surface area contributed by atoms with Gasteiger partial charge in [0.25, 0.3) is 5.69 Å². The number of anilines is 1. The van der Waals surface area contributed by atoms with Crippen molar-refractivity contribution >= 4 is 11.4 Å². The topological polar surface area (TPSA) is 82.2 Å². The number of nitro groups is 1. The minimum atomic E-state index is -0.423. The molecule has 2 atom stereocenters. The molecule has 2 unspecified atom stereocenters. The molecular weight excluding hydrogens is 268 g/mol. The van der Waals surface area contributed by atoms with Crippen molar-refractivity contribution in [3.63, 3.8) is 0 Å². The van der Waals surface area contributed by atoms with Crippen LogP contribution in [-0.4, -0.2) is 35.0 Å². The molecule has 21 heavy (non-hydrogen) atoms. The third-order valence-corrected chi connectivity index (χ3v) is 4.50. The van der Waals surface area contributed by atoms with Crippen molar-refractivity contribution in [1.29, 1.82) is 5.26 Å². The maximum absolute atomic E-state index is 11.2. The van der Waals surface area contributed by atoms with E-state index < -0.39 is 4.92 Å². The van der Waals surface area contributed by atoms with E-state index in [1.54, 1.807) is 12.1 Å². The molecule has 0 saturated carbocycles. The van der Waals surface area contributed by atoms with E-state index in [1.807, 2.05) is 6.07 Å². The number of nitrogens with zero attached hydrogens (tertiary/aromatic N) is 3. The summed E-state index contributed by atoms with van der Waals surface area (Å²) >= 11 is 0. The van der Waals surface area contributed by atoms with Gasteiger partial charge in [-0.3, -0.25) is 10.1 Å². The van der Waals surface area contributed by atoms with Gasteiger partial charge in [0, 0.05) is 24.7 Å². The summed E-state index contributed by atoms with van der Waals surface area (Å²) in [5, 5.41) is 23.3. The Kier molecular flexibility index (Phi) is 3.76. The van der Waals surface area contributed by atoms with Crippen LogP contribution in [0.15, 0.2) is 18.2 Å². The number of hydrogen-bond acceptors (Lipinski definition) is 5. The first-order valence-electron chi connectivity index (χ1n) is 7.36. The van der Waals surface area contributed by atoms with Crippen molar-refractivity contribution in [3.05, 3.63) is 33.9 Å². The van der Waals surface area contributed by atoms with Gasteiger partial charge >= 0.3 is 0 Å². The minimum absolute atomic E-state index is 0.0112. The fourth-order valence-corrected chi connectivity index (χ4v) is 3.45. The minimum Gasteiger partial charge on any atom is -0.377 e. The van der Waals surface area contributed by atoms with Crippen LogP contribution in [0.4, 0.5) is 11.4 Å². The highest BCUT2D eigenvalue weighted by atomic mass is 16.6. The molecule has 0 radical (unpaired) electrons. The van der Waals surface area contributed by atoms with Gasteiger partial charge in [0.2, 0.25) is 0 Å². The molecule has 0 spiro atoms. The van der Waals surface area contributed by atoms with Crippen LogP contribution < -0.4 is 5.32 Å². The van der Waals surface area contributed by atoms with Crippen LogP contribution in [0, 0.1) is 21.4 Å². The summed E-state index contributed by atoms with van der Waals surface area (Å²) in [5.74, 6) is 0. The fraction of sp³-hybridized carbons (Fsp3) is 0.533. The van der Waals surface area contributed by atoms with E-state index in [4.69, 9.17) is 5.26 Å². The Morgan fingerprint density at radius 3 is 3.00 bits per heavy atom. The van der Waals surface area contributed by atoms with E-state index in [9.17, 15) is 10.1 Å². The highest BCUT2D eigenvalue weighted by Gasteiger charge is 2.32. The number of benzene rings is 1. The molecule has 3 rings (SSSR count). The monoisotopic (exact) mass is 286 g/mol. The Hall–Kier alpha value is -2.13. The number of piperidine rings is 1. The summed E-state index contributed by atoms with van der Waals surface area (Å²) in [5.41, 5.74) is 0.830. The zero-order chi connectivity index (χ0) is 14.8. The van der Waals surface area contributed by atoms with Crippen LogP contribution in [0.3, 0.4) is 0 Å². The molecule has 6 heteroatoms. The largest absolute Gasteiger partial charge is 0.377 e. The van der Waals surface area contributed by atoms with Gasteiger partial charge in [-0.1, -0.05) is 0 Å². The second kappa shape index (κ2) is 5.70. The molecule has 0 amide bonds. The Bertz CT molecular complexity index is 596. The van der Waals surface area contributed by atoms with Crippen molar-refractivity contribution in [2.45, 2.75) is 37.8 Å². The lowest BCUT2D eigenvalue weighted by Crippen LogP contribution is -2.42. The van der Waals surface area contributed by atoms with E-state index >= 15 is 0 Å². The number of nitrogens with one attached hydrogen (secondary N) is 1. The molecule has 2 aliphatic heterocycles. The molecule has 0 bridgehead atoms. The van der Waals surface area contributed by atoms with Crippen molar-refractivity contribution in [2.75, 3.05) is 18.4 Å². The van der Waals surface area contributed by atoms with Gasteiger partial charge in [-0.25, -0.2) is 0 Å². The molecule has 0 aromatic heterocycles. The van der Waals surface area contributed by atoms with Gasteiger partial charge in [-0.05, 0) is 44.4 Å². The lowest BCUT2D eigenvalue weighted by Gasteiger charge is -2.35. The van der Waals surface area contributed by atoms with Gasteiger partial charge in [0.05, 0.1) is 16.6 Å². The molecular formula is C15H18N4O2. The number of nitriles is 1. The zero-order valence-electron chi connectivity index (χ0n) is 11.8. The van der Waals surface area contributed by atoms with Gasteiger partial charge < -0.3 is 10.2 Å². The third-order valence-electron chi connectivity index (χ3n) is 4.50. The van der Waals surface area contributed by atoms with Gasteiger partial charge in [0.1, 0.15) is 5.69 Å². The van der Waals surface area contributed by atoms with Crippen molar-refractivity contribution in [3.8, 4) is 6.07 Å². The maximum Gasteiger partial charge on any atom is 0.293 e. The zero-order valence-corrected chi connectivity index (χ0v) is 11.8. The number of hydrogen-bond donors (Lipinski definition) is 1. The van der Waals surface area contributed by atoms with Gasteiger partial charge in [-0.2, -0.15) is 5.26 Å². The predicted molar refractivity (Wildman–Crippen MR) is 79.1 cm³/mol. The Morgan fingerprint density at radius 1 is 1.38 bits per heavy atom. The van der Waals surface area contributed by atoms with Crippen LogP contribution >= 0.6 is 0 Å². The second-order valence-electron chi connectivity index (χ2n) is 5.80. The van der Waals surface area contributed by atoms with E-state index in [2.05, 4.69) is 10.2 Å². The average molecular weight is 286 g/mol. The SMILES string of the molecule is N#Cc1ccc(NC2CCN3CCCC3C2)c([N+](=O)[O-])c1. The number of fused-ring (bicyclic) bond motifs is 1. The summed E-state index contributed by atoms with van der Waals surface area (Å²) in [6, 6.07) is 7.45. The number of nitro benzene ring substituents is 1. The van der Waals surface area contributed by atoms with Crippen LogP contribution in [0.25, 0.3) is 0 Å². The molecule has 6 nitrogen and oxygen atoms in total. The summed E-state index contributed by atoms with van der Waals surface area (Å²) in [7, 11) is 0. The standard InChI is InChI=1S/C15H18N4O2/c16-10-11-3-4-14(15(8-11)19(20)21)17-12-5-7-18-6-1-2-13(18)9-12/h3-4,8,12-13,17H,1-2,5-7,9H2. The van der Waals surface area contributed by atoms with Crippen LogP contribution in [0.1, 0.15) is 31.2 Å². The van der Waals surface area contributed by atoms with Gasteiger partial charge in [0.15, 0.2) is 0 Å². The Balaban J connectivity index is 1.75. The summed E-state index contributed by atoms with van der Waals surface area (Å²) < 4.78 is 0. The summed E-state index contributed by atoms with van der Waals surface area (Å²) in [6.07, 6.45) is 4.53. The quantitative estimate of drug-likeness (QED) is 0.682. The maximum atomic E-state index is 11.2. The molecule has 2 aliphatic rings. The molecule has 110 valence electrons. The first-order chi connectivity index (χ1) is 10.2. The van der Waals surface area contributed by atoms with Crippen molar-refractivity contribution in [1.82, 2.24) is 4.90 Å². The van der Waals surface area contributed by atoms with E-state index in [-0.39, 0.29) is 11.7 Å². The second-order valence-corrected chi connectivity index (χ2v) is 5.80. The molecule has 0 aliphatic carbocycles. The van der Waals surface area contributed by atoms with Crippen molar-refractivity contribution in [2.24, 2.45) is 0 Å². The molecule has 2 heterocycles. The van der Waals surface area contributed by atoms with Crippen LogP contribution in [0.2, 0.25) is 0 Å². The van der Waals surface area contributed by atoms with Crippen molar-refractivity contribution < 1.29 is 4.92 Å². The lowest BCUT2D eigenvalue weighted by atomic mass is 9.97. The molecule has 1 N–H and O–H groups in total. The lowest BCUT2D eigenvalue weighted by molar-refractivity contribution is -0.384. The van der Waals surface area contributed by atoms with Crippen LogP contribution in [0.5, 0.6) is 0 Å². The average Bonchev–Trinajstić information content (AvgIpc) is 2.95. The summed E-state index contributed by atoms with van der Waals surface area (Å²) in [4.78, 5) is 13.3. The third kappa shape index (κ3) is 2.83. The van der Waals surface area contributed by atoms with Crippen LogP contribution in [-0.2, 0) is 0 Å². The molecule has 1 aromatic carbocycles. The Morgan fingerprint density at radius 2 is 2.24 bits per heavy atom. The molecule has 2 saturated heterocycles. The Labute approximate surface area is 123 Å². The van der Waals surface area contributed by atoms with E-state index in [1.165, 1.54) is 25.5 Å². The smallest absolute Gasteiger partial charge is 0.293 e. The summed E-state index contributed by atoms with van der Waals surface area (Å²) in [6.45, 7) is 2.25. The molecule has 1 aromatic rings. The predicted octanol–water partition coefficient (Wildman–Crippen LogP) is 2.51. The van der Waals surface area contributed by atoms with Gasteiger partial charge in [-0.15, -0.1) is 0 Å². The normalized spacial score (nSPS) is 25.1. The van der Waals surface area contributed by atoms with E-state index in [0.717, 1.165) is 19.4 Å². The first kappa shape index (κ1) is 13.8. The number of rotatable bonds is 3. The van der Waals surface area contributed by atoms with E-state index in [0.29, 0.717) is 17.3 Å². The molecule has 2 fully saturated rings. The first-order valence-corrected chi connectivity index (χ1v) is 7.36. The highest BCUT2D eigenvalue weighted by molar-refractivity contribution is 5.64.